The number of aryl methyl sites for hydroxylation is 4. The molecule has 11 aromatic carbocycles. The Hall–Kier alpha value is -11.7. The van der Waals surface area contributed by atoms with Gasteiger partial charge in [0.15, 0.2) is 0 Å². The van der Waals surface area contributed by atoms with Gasteiger partial charge in [0.1, 0.15) is 0 Å². The smallest absolute Gasteiger partial charge is 0.0349 e. The van der Waals surface area contributed by atoms with E-state index >= 15 is 0 Å². The number of pyridine rings is 6. The van der Waals surface area contributed by atoms with Crippen molar-refractivity contribution in [2.75, 3.05) is 0 Å². The van der Waals surface area contributed by atoms with Gasteiger partial charge < -0.3 is 29.9 Å². The predicted octanol–water partition coefficient (Wildman–Crippen LogP) is 24.5. The first-order valence-corrected chi connectivity index (χ1v) is 35.2. The summed E-state index contributed by atoms with van der Waals surface area (Å²) >= 11 is 0. The fourth-order valence-corrected chi connectivity index (χ4v) is 12.9. The zero-order valence-corrected chi connectivity index (χ0v) is 66.8. The summed E-state index contributed by atoms with van der Waals surface area (Å²) in [5, 5.41) is 0. The van der Waals surface area contributed by atoms with Crippen molar-refractivity contribution in [1.29, 1.82) is 0 Å². The van der Waals surface area contributed by atoms with Crippen LogP contribution in [0.5, 0.6) is 0 Å². The summed E-state index contributed by atoms with van der Waals surface area (Å²) in [6.07, 6.45) is 9.98. The molecular weight excluding hydrogens is 1890 g/mol. The van der Waals surface area contributed by atoms with E-state index in [1.807, 2.05) is 176 Å². The molecule has 0 amide bonds. The molecule has 547 valence electrons. The topological polar surface area (TPSA) is 77.3 Å². The molecular formula is C102H76Ir3N6-6. The maximum absolute atomic E-state index is 7.28. The minimum absolute atomic E-state index is 0. The van der Waals surface area contributed by atoms with Crippen LogP contribution in [0.15, 0.2) is 377 Å². The molecule has 0 unspecified atom stereocenters. The van der Waals surface area contributed by atoms with Gasteiger partial charge in [-0.15, -0.1) is 214 Å². The van der Waals surface area contributed by atoms with Gasteiger partial charge in [-0.1, -0.05) is 190 Å². The number of hydrogen-bond donors (Lipinski definition) is 0. The first-order chi connectivity index (χ1) is 58.1. The molecule has 3 aliphatic carbocycles. The largest absolute Gasteiger partial charge is 0.305 e. The third-order valence-corrected chi connectivity index (χ3v) is 18.1. The molecule has 2 bridgehead atoms. The molecule has 0 spiro atoms. The summed E-state index contributed by atoms with van der Waals surface area (Å²) in [7, 11) is 0. The van der Waals surface area contributed by atoms with Crippen molar-refractivity contribution in [2.45, 2.75) is 39.2 Å². The van der Waals surface area contributed by atoms with Crippen LogP contribution in [0.4, 0.5) is 0 Å². The monoisotopic (exact) mass is 1980 g/mol. The molecule has 6 heterocycles. The van der Waals surface area contributed by atoms with E-state index in [1.54, 1.807) is 30.5 Å². The van der Waals surface area contributed by atoms with Crippen LogP contribution in [-0.2, 0) is 60.3 Å². The van der Waals surface area contributed by atoms with Crippen molar-refractivity contribution in [3.8, 4) is 101 Å². The maximum Gasteiger partial charge on any atom is 0.0349 e. The van der Waals surface area contributed by atoms with Crippen LogP contribution in [0.3, 0.4) is 0 Å². The first-order valence-electron chi connectivity index (χ1n) is 41.2. The molecule has 17 aromatic rings. The van der Waals surface area contributed by atoms with Gasteiger partial charge in [-0.2, -0.15) is 0 Å². The van der Waals surface area contributed by atoms with Gasteiger partial charge in [0.2, 0.25) is 0 Å². The number of nitrogens with zero attached hydrogens (tertiary/aromatic N) is 6. The van der Waals surface area contributed by atoms with E-state index in [-0.39, 0.29) is 82.6 Å². The SMILES string of the molecule is [2H]C([2H])([2H])c1c[c-]c(-c2ccc(C([2H])([2H])[2H])cn2)cc1.[2H]C([2H])([2H])c1c[c-]c(-c2ccc(C([2H])([2H])[2H])cn2)cc1.[Ir].[Ir].[Ir].[c-]1ccccc1-c1cc(-c2ccc3c(c2)C2c4ccccc4C3c3ccccc32)ccn1.[c-]1ccccc1-c1cc(-c2ccccc2)ccn1.[c-]1ccccc1-c1cc(-c2ccccc2)ccn1.[c-]1ccccc1-c1ccccn1. The van der Waals surface area contributed by atoms with Crippen LogP contribution in [0.25, 0.3) is 101 Å². The Labute approximate surface area is 710 Å². The summed E-state index contributed by atoms with van der Waals surface area (Å²) in [6.45, 7) is -8.68. The molecule has 20 rings (SSSR count). The molecule has 0 saturated carbocycles. The normalized spacial score (nSPS) is 14.0. The van der Waals surface area contributed by atoms with Crippen molar-refractivity contribution in [3.05, 3.63) is 469 Å². The van der Waals surface area contributed by atoms with Gasteiger partial charge >= 0.3 is 0 Å². The van der Waals surface area contributed by atoms with Crippen LogP contribution in [-0.4, -0.2) is 29.9 Å². The Morgan fingerprint density at radius 2 is 0.550 bits per heavy atom. The number of rotatable bonds is 9. The van der Waals surface area contributed by atoms with E-state index in [2.05, 4.69) is 188 Å². The molecule has 0 saturated heterocycles. The Kier molecular flexibility index (Phi) is 23.5. The minimum atomic E-state index is -2.18. The molecule has 9 heteroatoms. The summed E-state index contributed by atoms with van der Waals surface area (Å²) < 4.78 is 87.3. The van der Waals surface area contributed by atoms with Gasteiger partial charge in [-0.3, -0.25) is 0 Å². The van der Waals surface area contributed by atoms with Crippen molar-refractivity contribution >= 4 is 0 Å². The second-order valence-corrected chi connectivity index (χ2v) is 25.2. The van der Waals surface area contributed by atoms with E-state index < -0.39 is 27.4 Å². The molecule has 3 radical (unpaired) electrons. The minimum Gasteiger partial charge on any atom is -0.305 e. The van der Waals surface area contributed by atoms with Crippen molar-refractivity contribution in [2.24, 2.45) is 0 Å². The summed E-state index contributed by atoms with van der Waals surface area (Å²) in [6, 6.07) is 129. The van der Waals surface area contributed by atoms with E-state index in [1.165, 1.54) is 116 Å². The average Bonchev–Trinajstić information content (AvgIpc) is 0.702. The van der Waals surface area contributed by atoms with Crippen LogP contribution in [0.2, 0.25) is 0 Å². The molecule has 6 aromatic heterocycles. The molecule has 6 nitrogen and oxygen atoms in total. The Bertz CT molecular complexity index is 5650. The summed E-state index contributed by atoms with van der Waals surface area (Å²) in [5.74, 6) is 0.620. The number of benzene rings is 11. The van der Waals surface area contributed by atoms with Crippen LogP contribution in [0.1, 0.15) is 83.9 Å². The maximum atomic E-state index is 7.28. The van der Waals surface area contributed by atoms with Crippen LogP contribution in [0, 0.1) is 63.8 Å². The van der Waals surface area contributed by atoms with Gasteiger partial charge in [0, 0.05) is 126 Å². The molecule has 0 fully saturated rings. The Balaban J connectivity index is 0.000000147. The van der Waals surface area contributed by atoms with Crippen LogP contribution >= 0.6 is 0 Å². The Morgan fingerprint density at radius 1 is 0.225 bits per heavy atom. The third-order valence-electron chi connectivity index (χ3n) is 18.1. The standard InChI is InChI=1S/C31H20N.2C17H12N.2C13H12N.C11H8N.3Ir/c1-2-8-20(9-3-1)29-19-22(16-17-32-29)21-14-15-27-28(18-21)31-25-12-6-4-10-23(25)30(27)24-11-5-7-13-26(24)31;2*1-3-7-14(8-4-1)16-11-12-18-17(13-16)15-9-5-2-6-10-15;2*1-10-3-6-12(7-4-10)13-8-5-11(2)9-14-13;1-2-6-10(7-3-1)11-8-4-5-9-12-11;;;/h1-8,10-19,30-31H;2*1-9,11-13H;2*3-6,8-9H,1-2H3;1-6,8-9H;;;/q6*-1;;;/i;;;2*1D3,2D3;;;;. The molecule has 0 aliphatic heterocycles. The van der Waals surface area contributed by atoms with Crippen molar-refractivity contribution < 1.29 is 76.8 Å². The summed E-state index contributed by atoms with van der Waals surface area (Å²) in [4.78, 5) is 25.8. The average molecular weight is 1970 g/mol. The van der Waals surface area contributed by atoms with Gasteiger partial charge in [-0.05, 0) is 156 Å². The van der Waals surface area contributed by atoms with Gasteiger partial charge in [0.05, 0.1) is 0 Å². The molecule has 0 atom stereocenters. The predicted molar refractivity (Wildman–Crippen MR) is 441 cm³/mol. The molecule has 0 N–H and O–H groups in total. The second-order valence-electron chi connectivity index (χ2n) is 25.2. The van der Waals surface area contributed by atoms with E-state index in [9.17, 15) is 0 Å². The first kappa shape index (κ1) is 65.2. The zero-order valence-electron chi connectivity index (χ0n) is 71.6. The number of hydrogen-bond acceptors (Lipinski definition) is 6. The fraction of sp³-hybridized carbons (Fsp3) is 0.0588. The van der Waals surface area contributed by atoms with Crippen LogP contribution < -0.4 is 0 Å². The Morgan fingerprint density at radius 3 is 0.901 bits per heavy atom. The molecule has 111 heavy (non-hydrogen) atoms. The van der Waals surface area contributed by atoms with E-state index in [4.69, 9.17) is 16.4 Å². The number of aromatic nitrogens is 6. The van der Waals surface area contributed by atoms with Crippen molar-refractivity contribution in [3.63, 3.8) is 0 Å². The van der Waals surface area contributed by atoms with E-state index in [0.29, 0.717) is 34.4 Å². The quantitative estimate of drug-likeness (QED) is 0.134. The molecule has 3 aliphatic rings. The fourth-order valence-electron chi connectivity index (χ4n) is 12.9. The van der Waals surface area contributed by atoms with E-state index in [0.717, 1.165) is 45.0 Å². The second kappa shape index (κ2) is 40.1. The third kappa shape index (κ3) is 20.8. The zero-order chi connectivity index (χ0) is 83.6. The summed E-state index contributed by atoms with van der Waals surface area (Å²) in [5.41, 5.74) is 27.0. The van der Waals surface area contributed by atoms with Gasteiger partial charge in [-0.25, -0.2) is 0 Å². The van der Waals surface area contributed by atoms with Gasteiger partial charge in [0.25, 0.3) is 0 Å². The van der Waals surface area contributed by atoms with Crippen molar-refractivity contribution in [1.82, 2.24) is 29.9 Å².